The van der Waals surface area contributed by atoms with Gasteiger partial charge >= 0.3 is 5.97 Å². The lowest BCUT2D eigenvalue weighted by Gasteiger charge is -2.22. The lowest BCUT2D eigenvalue weighted by atomic mass is 10.1. The minimum Gasteiger partial charge on any atom is -0.481 e. The van der Waals surface area contributed by atoms with Crippen molar-refractivity contribution in [3.63, 3.8) is 0 Å². The zero-order chi connectivity index (χ0) is 13.8. The molecule has 0 aliphatic rings. The fourth-order valence-electron chi connectivity index (χ4n) is 1.46. The van der Waals surface area contributed by atoms with Gasteiger partial charge in [0.15, 0.2) is 0 Å². The third-order valence-electron chi connectivity index (χ3n) is 2.19. The molecule has 1 aromatic rings. The number of aromatic nitrogens is 1. The fourth-order valence-corrected chi connectivity index (χ4v) is 1.46. The van der Waals surface area contributed by atoms with E-state index in [9.17, 15) is 4.79 Å². The molecule has 0 aromatic carbocycles. The summed E-state index contributed by atoms with van der Waals surface area (Å²) in [7, 11) is 1.53. The van der Waals surface area contributed by atoms with Gasteiger partial charge in [0.1, 0.15) is 11.6 Å². The molecule has 5 nitrogen and oxygen atoms in total. The van der Waals surface area contributed by atoms with Gasteiger partial charge in [-0.3, -0.25) is 4.79 Å². The number of rotatable bonds is 4. The smallest absolute Gasteiger partial charge is 0.323 e. The summed E-state index contributed by atoms with van der Waals surface area (Å²) >= 11 is 0. The van der Waals surface area contributed by atoms with Crippen LogP contribution in [0.15, 0.2) is 18.3 Å². The average Bonchev–Trinajstić information content (AvgIpc) is 2.27. The van der Waals surface area contributed by atoms with Crippen LogP contribution in [0.5, 0.6) is 5.88 Å². The standard InChI is InChI=1S/C13H20N2O3/c1-13(2,3)18-12(16)10(14)8-9-6-5-7-15-11(9)17-4/h5-7,10H,8,14H2,1-4H3. The molecule has 1 atom stereocenters. The number of carbonyl (C=O) groups is 1. The first-order valence-electron chi connectivity index (χ1n) is 5.80. The molecule has 1 heterocycles. The number of esters is 1. The molecule has 0 radical (unpaired) electrons. The van der Waals surface area contributed by atoms with Gasteiger partial charge in [-0.25, -0.2) is 4.98 Å². The van der Waals surface area contributed by atoms with Crippen molar-refractivity contribution in [2.24, 2.45) is 5.73 Å². The van der Waals surface area contributed by atoms with E-state index in [1.807, 2.05) is 26.8 Å². The van der Waals surface area contributed by atoms with Crippen LogP contribution >= 0.6 is 0 Å². The fraction of sp³-hybridized carbons (Fsp3) is 0.538. The summed E-state index contributed by atoms with van der Waals surface area (Å²) in [6.45, 7) is 5.42. The molecule has 0 bridgehead atoms. The molecular formula is C13H20N2O3. The van der Waals surface area contributed by atoms with E-state index in [0.29, 0.717) is 12.3 Å². The number of ether oxygens (including phenoxy) is 2. The van der Waals surface area contributed by atoms with Crippen molar-refractivity contribution >= 4 is 5.97 Å². The van der Waals surface area contributed by atoms with Crippen LogP contribution in [-0.4, -0.2) is 29.7 Å². The molecule has 0 spiro atoms. The predicted octanol–water partition coefficient (Wildman–Crippen LogP) is 1.30. The maximum Gasteiger partial charge on any atom is 0.323 e. The Morgan fingerprint density at radius 2 is 2.17 bits per heavy atom. The van der Waals surface area contributed by atoms with Gasteiger partial charge in [0.05, 0.1) is 7.11 Å². The number of pyridine rings is 1. The minimum absolute atomic E-state index is 0.339. The Morgan fingerprint density at radius 3 is 2.72 bits per heavy atom. The molecule has 0 saturated carbocycles. The number of methoxy groups -OCH3 is 1. The van der Waals surface area contributed by atoms with Gasteiger partial charge < -0.3 is 15.2 Å². The van der Waals surface area contributed by atoms with E-state index in [4.69, 9.17) is 15.2 Å². The third kappa shape index (κ3) is 4.33. The Morgan fingerprint density at radius 1 is 1.50 bits per heavy atom. The Labute approximate surface area is 107 Å². The van der Waals surface area contributed by atoms with Crippen LogP contribution in [0, 0.1) is 0 Å². The largest absolute Gasteiger partial charge is 0.481 e. The van der Waals surface area contributed by atoms with Crippen LogP contribution in [0.2, 0.25) is 0 Å². The maximum absolute atomic E-state index is 11.8. The molecule has 1 rings (SSSR count). The summed E-state index contributed by atoms with van der Waals surface area (Å²) in [4.78, 5) is 15.8. The molecule has 1 unspecified atom stereocenters. The molecule has 0 amide bonds. The molecule has 1 aromatic heterocycles. The average molecular weight is 252 g/mol. The van der Waals surface area contributed by atoms with Crippen molar-refractivity contribution in [1.29, 1.82) is 0 Å². The molecule has 18 heavy (non-hydrogen) atoms. The van der Waals surface area contributed by atoms with E-state index in [1.54, 1.807) is 12.3 Å². The van der Waals surface area contributed by atoms with Crippen molar-refractivity contribution in [2.75, 3.05) is 7.11 Å². The van der Waals surface area contributed by atoms with E-state index < -0.39 is 17.6 Å². The van der Waals surface area contributed by atoms with E-state index in [1.165, 1.54) is 7.11 Å². The molecule has 2 N–H and O–H groups in total. The summed E-state index contributed by atoms with van der Waals surface area (Å²) in [5.74, 6) is 0.0601. The second kappa shape index (κ2) is 5.82. The van der Waals surface area contributed by atoms with E-state index in [2.05, 4.69) is 4.98 Å². The Bertz CT molecular complexity index is 413. The van der Waals surface area contributed by atoms with E-state index in [0.717, 1.165) is 5.56 Å². The Hall–Kier alpha value is -1.62. The SMILES string of the molecule is COc1ncccc1CC(N)C(=O)OC(C)(C)C. The quantitative estimate of drug-likeness (QED) is 0.818. The lowest BCUT2D eigenvalue weighted by Crippen LogP contribution is -2.38. The maximum atomic E-state index is 11.8. The van der Waals surface area contributed by atoms with Gasteiger partial charge in [0, 0.05) is 18.2 Å². The molecule has 0 saturated heterocycles. The van der Waals surface area contributed by atoms with Crippen LogP contribution in [0.25, 0.3) is 0 Å². The Kier molecular flexibility index (Phi) is 4.67. The molecule has 100 valence electrons. The summed E-state index contributed by atoms with van der Waals surface area (Å²) in [6, 6.07) is 2.89. The van der Waals surface area contributed by atoms with Crippen LogP contribution < -0.4 is 10.5 Å². The summed E-state index contributed by atoms with van der Waals surface area (Å²) in [6.07, 6.45) is 1.97. The van der Waals surface area contributed by atoms with Crippen molar-refractivity contribution in [3.05, 3.63) is 23.9 Å². The predicted molar refractivity (Wildman–Crippen MR) is 68.3 cm³/mol. The molecule has 0 fully saturated rings. The van der Waals surface area contributed by atoms with Gasteiger partial charge in [-0.15, -0.1) is 0 Å². The summed E-state index contributed by atoms with van der Waals surface area (Å²) in [5.41, 5.74) is 6.08. The molecule has 5 heteroatoms. The number of nitrogens with zero attached hydrogens (tertiary/aromatic N) is 1. The van der Waals surface area contributed by atoms with Crippen molar-refractivity contribution in [2.45, 2.75) is 38.8 Å². The van der Waals surface area contributed by atoms with Gasteiger partial charge in [-0.1, -0.05) is 6.07 Å². The number of carbonyl (C=O) groups excluding carboxylic acids is 1. The number of nitrogens with two attached hydrogens (primary N) is 1. The first-order valence-corrected chi connectivity index (χ1v) is 5.80. The number of hydrogen-bond donors (Lipinski definition) is 1. The van der Waals surface area contributed by atoms with Crippen LogP contribution in [0.1, 0.15) is 26.3 Å². The molecule has 0 aliphatic heterocycles. The van der Waals surface area contributed by atoms with Gasteiger partial charge in [0.25, 0.3) is 0 Å². The van der Waals surface area contributed by atoms with Crippen LogP contribution in [-0.2, 0) is 16.0 Å². The molecule has 0 aliphatic carbocycles. The lowest BCUT2D eigenvalue weighted by molar-refractivity contribution is -0.156. The van der Waals surface area contributed by atoms with Crippen molar-refractivity contribution in [1.82, 2.24) is 4.98 Å². The van der Waals surface area contributed by atoms with E-state index >= 15 is 0 Å². The highest BCUT2D eigenvalue weighted by Gasteiger charge is 2.23. The third-order valence-corrected chi connectivity index (χ3v) is 2.19. The monoisotopic (exact) mass is 252 g/mol. The zero-order valence-electron chi connectivity index (χ0n) is 11.3. The highest BCUT2D eigenvalue weighted by molar-refractivity contribution is 5.76. The second-order valence-corrected chi connectivity index (χ2v) is 5.02. The van der Waals surface area contributed by atoms with Crippen LogP contribution in [0.4, 0.5) is 0 Å². The highest BCUT2D eigenvalue weighted by atomic mass is 16.6. The summed E-state index contributed by atoms with van der Waals surface area (Å²) in [5, 5.41) is 0. The highest BCUT2D eigenvalue weighted by Crippen LogP contribution is 2.16. The zero-order valence-corrected chi connectivity index (χ0v) is 11.3. The second-order valence-electron chi connectivity index (χ2n) is 5.02. The van der Waals surface area contributed by atoms with Gasteiger partial charge in [0.2, 0.25) is 5.88 Å². The normalized spacial score (nSPS) is 12.9. The minimum atomic E-state index is -0.720. The topological polar surface area (TPSA) is 74.4 Å². The summed E-state index contributed by atoms with van der Waals surface area (Å²) < 4.78 is 10.3. The van der Waals surface area contributed by atoms with Gasteiger partial charge in [-0.05, 0) is 26.8 Å². The number of hydrogen-bond acceptors (Lipinski definition) is 5. The first-order chi connectivity index (χ1) is 8.33. The first kappa shape index (κ1) is 14.4. The van der Waals surface area contributed by atoms with Gasteiger partial charge in [-0.2, -0.15) is 0 Å². The molecular weight excluding hydrogens is 232 g/mol. The Balaban J connectivity index is 2.69. The van der Waals surface area contributed by atoms with Crippen molar-refractivity contribution < 1.29 is 14.3 Å². The van der Waals surface area contributed by atoms with Crippen molar-refractivity contribution in [3.8, 4) is 5.88 Å². The van der Waals surface area contributed by atoms with Crippen LogP contribution in [0.3, 0.4) is 0 Å². The van der Waals surface area contributed by atoms with E-state index in [-0.39, 0.29) is 0 Å².